The molecule has 0 aliphatic heterocycles. The van der Waals surface area contributed by atoms with Gasteiger partial charge in [0.1, 0.15) is 0 Å². The molecule has 174 valence electrons. The van der Waals surface area contributed by atoms with E-state index < -0.39 is 8.07 Å². The van der Waals surface area contributed by atoms with Crippen LogP contribution in [-0.4, -0.2) is 8.07 Å². The van der Waals surface area contributed by atoms with Crippen LogP contribution in [0.15, 0.2) is 12.1 Å². The number of rotatable bonds is 3. The summed E-state index contributed by atoms with van der Waals surface area (Å²) >= 11 is 4.27. The van der Waals surface area contributed by atoms with Gasteiger partial charge in [0.15, 0.2) is 0 Å². The summed E-state index contributed by atoms with van der Waals surface area (Å²) in [6.07, 6.45) is 13.8. The number of aryl methyl sites for hydroxylation is 2. The fourth-order valence-corrected chi connectivity index (χ4v) is 19.0. The van der Waals surface area contributed by atoms with Crippen molar-refractivity contribution >= 4 is 30.7 Å². The summed E-state index contributed by atoms with van der Waals surface area (Å²) in [7, 11) is -1.54. The Bertz CT molecular complexity index is 945. The van der Waals surface area contributed by atoms with Crippen LogP contribution in [0.1, 0.15) is 89.8 Å². The van der Waals surface area contributed by atoms with Crippen molar-refractivity contribution in [3.8, 4) is 11.1 Å². The molecule has 3 fully saturated rings. The highest BCUT2D eigenvalue weighted by Crippen LogP contribution is 2.65. The minimum Gasteiger partial charge on any atom is -0.145 e. The van der Waals surface area contributed by atoms with Crippen molar-refractivity contribution in [2.75, 3.05) is 0 Å². The predicted octanol–water partition coefficient (Wildman–Crippen LogP) is 9.81. The molecule has 0 N–H and O–H groups in total. The van der Waals surface area contributed by atoms with Crippen molar-refractivity contribution in [2.24, 2.45) is 29.6 Å². The lowest BCUT2D eigenvalue weighted by Crippen LogP contribution is -2.45. The summed E-state index contributed by atoms with van der Waals surface area (Å²) in [6.45, 7) is 13.0. The first-order chi connectivity index (χ1) is 15.4. The van der Waals surface area contributed by atoms with Gasteiger partial charge in [0, 0.05) is 25.0 Å². The molecule has 4 aliphatic rings. The number of fused-ring (bicyclic) bond motifs is 4. The predicted molar refractivity (Wildman–Crippen MR) is 145 cm³/mol. The Balaban J connectivity index is 1.36. The van der Waals surface area contributed by atoms with E-state index in [2.05, 4.69) is 68.7 Å². The van der Waals surface area contributed by atoms with Gasteiger partial charge in [-0.25, -0.2) is 0 Å². The third-order valence-corrected chi connectivity index (χ3v) is 17.8. The summed E-state index contributed by atoms with van der Waals surface area (Å²) in [5.74, 6) is 5.15. The Labute approximate surface area is 205 Å². The Hall–Kier alpha value is -0.383. The second-order valence-corrected chi connectivity index (χ2v) is 20.0. The summed E-state index contributed by atoms with van der Waals surface area (Å²) in [5, 5.41) is 0. The molecule has 6 rings (SSSR count). The Morgan fingerprint density at radius 3 is 1.97 bits per heavy atom. The second kappa shape index (κ2) is 8.09. The zero-order chi connectivity index (χ0) is 22.2. The first kappa shape index (κ1) is 22.1. The van der Waals surface area contributed by atoms with Crippen molar-refractivity contribution in [2.45, 2.75) is 103 Å². The monoisotopic (exact) mass is 482 g/mol. The van der Waals surface area contributed by atoms with Gasteiger partial charge in [0.2, 0.25) is 0 Å². The molecule has 5 unspecified atom stereocenters. The van der Waals surface area contributed by atoms with E-state index in [1.807, 2.05) is 0 Å². The lowest BCUT2D eigenvalue weighted by atomic mass is 9.65. The van der Waals surface area contributed by atoms with Crippen molar-refractivity contribution in [1.29, 1.82) is 0 Å². The van der Waals surface area contributed by atoms with Crippen LogP contribution in [0.5, 0.6) is 0 Å². The maximum atomic E-state index is 2.81. The fraction of sp³-hybridized carbons (Fsp3) is 0.724. The van der Waals surface area contributed by atoms with E-state index in [1.165, 1.54) is 35.4 Å². The third kappa shape index (κ3) is 3.31. The second-order valence-electron chi connectivity index (χ2n) is 12.6. The standard InChI is InChI=1S/C29H42S2Si/c1-17-14-23-21(20-10-7-6-8-11-20)12-9-13-22(23)28(17)32(4,5)29-26-24(15-18(2)30-26)25-16-19(3)31-27(25)29/h15-17,20-23,28-29H,6-14H2,1-5H3. The van der Waals surface area contributed by atoms with Gasteiger partial charge in [-0.2, -0.15) is 0 Å². The van der Waals surface area contributed by atoms with E-state index in [0.717, 1.165) is 40.7 Å². The average Bonchev–Trinajstić information content (AvgIpc) is 3.46. The largest absolute Gasteiger partial charge is 0.145 e. The summed E-state index contributed by atoms with van der Waals surface area (Å²) in [6, 6.07) is 5.02. The highest BCUT2D eigenvalue weighted by Gasteiger charge is 2.57. The average molecular weight is 483 g/mol. The molecule has 2 aromatic heterocycles. The van der Waals surface area contributed by atoms with E-state index in [4.69, 9.17) is 0 Å². The fourth-order valence-electron chi connectivity index (χ4n) is 9.46. The van der Waals surface area contributed by atoms with Gasteiger partial charge in [0.25, 0.3) is 0 Å². The van der Waals surface area contributed by atoms with Gasteiger partial charge in [-0.05, 0) is 85.1 Å². The molecule has 5 atom stereocenters. The van der Waals surface area contributed by atoms with E-state index in [1.54, 1.807) is 53.0 Å². The van der Waals surface area contributed by atoms with Gasteiger partial charge in [-0.3, -0.25) is 0 Å². The van der Waals surface area contributed by atoms with Crippen LogP contribution in [0, 0.1) is 43.4 Å². The maximum absolute atomic E-state index is 2.81. The highest BCUT2D eigenvalue weighted by molar-refractivity contribution is 7.16. The summed E-state index contributed by atoms with van der Waals surface area (Å²) < 4.78 is 0. The number of hydrogen-bond donors (Lipinski definition) is 0. The molecule has 3 heteroatoms. The first-order valence-electron chi connectivity index (χ1n) is 13.6. The van der Waals surface area contributed by atoms with Crippen LogP contribution >= 0.6 is 22.7 Å². The van der Waals surface area contributed by atoms with Crippen LogP contribution in [0.4, 0.5) is 0 Å². The normalized spacial score (nSPS) is 33.3. The smallest absolute Gasteiger partial charge is 0.0661 e. The van der Waals surface area contributed by atoms with Crippen molar-refractivity contribution < 1.29 is 0 Å². The highest BCUT2D eigenvalue weighted by atomic mass is 32.1. The van der Waals surface area contributed by atoms with Gasteiger partial charge < -0.3 is 0 Å². The molecule has 0 aromatic carbocycles. The molecule has 0 bridgehead atoms. The van der Waals surface area contributed by atoms with Crippen LogP contribution < -0.4 is 0 Å². The minimum absolute atomic E-state index is 0.756. The molecule has 0 saturated heterocycles. The maximum Gasteiger partial charge on any atom is 0.0661 e. The van der Waals surface area contributed by atoms with Crippen LogP contribution in [0.25, 0.3) is 11.1 Å². The third-order valence-electron chi connectivity index (χ3n) is 10.3. The van der Waals surface area contributed by atoms with Crippen LogP contribution in [0.3, 0.4) is 0 Å². The molecule has 3 saturated carbocycles. The molecule has 0 spiro atoms. The lowest BCUT2D eigenvalue weighted by Gasteiger charge is -2.46. The van der Waals surface area contributed by atoms with Gasteiger partial charge in [-0.1, -0.05) is 65.0 Å². The Kier molecular flexibility index (Phi) is 5.59. The Morgan fingerprint density at radius 2 is 1.34 bits per heavy atom. The van der Waals surface area contributed by atoms with Gasteiger partial charge >= 0.3 is 0 Å². The van der Waals surface area contributed by atoms with E-state index in [0.29, 0.717) is 0 Å². The molecule has 0 nitrogen and oxygen atoms in total. The molecule has 2 aromatic rings. The number of thiophene rings is 2. The number of hydrogen-bond acceptors (Lipinski definition) is 2. The Morgan fingerprint density at radius 1 is 0.750 bits per heavy atom. The zero-order valence-electron chi connectivity index (χ0n) is 20.9. The molecule has 0 amide bonds. The van der Waals surface area contributed by atoms with E-state index in [-0.39, 0.29) is 0 Å². The molecule has 2 heterocycles. The van der Waals surface area contributed by atoms with Crippen molar-refractivity contribution in [3.63, 3.8) is 0 Å². The zero-order valence-corrected chi connectivity index (χ0v) is 23.5. The van der Waals surface area contributed by atoms with Crippen LogP contribution in [0.2, 0.25) is 18.6 Å². The molecule has 4 aliphatic carbocycles. The molecular formula is C29H42S2Si. The lowest BCUT2D eigenvalue weighted by molar-refractivity contribution is 0.0980. The van der Waals surface area contributed by atoms with Gasteiger partial charge in [-0.15, -0.1) is 22.7 Å². The molecular weight excluding hydrogens is 441 g/mol. The van der Waals surface area contributed by atoms with Crippen LogP contribution in [-0.2, 0) is 0 Å². The molecule has 0 radical (unpaired) electrons. The summed E-state index contributed by atoms with van der Waals surface area (Å²) in [5.41, 5.74) is 4.99. The van der Waals surface area contributed by atoms with Gasteiger partial charge in [0.05, 0.1) is 8.07 Å². The molecule has 32 heavy (non-hydrogen) atoms. The van der Waals surface area contributed by atoms with E-state index in [9.17, 15) is 0 Å². The minimum atomic E-state index is -1.54. The SMILES string of the molecule is Cc1cc2c(s1)C([Si](C)(C)C1C(C)CC3C(C4CCCCC4)CCCC31)c1sc(C)cc1-2. The first-order valence-corrected chi connectivity index (χ1v) is 18.4. The van der Waals surface area contributed by atoms with E-state index >= 15 is 0 Å². The topological polar surface area (TPSA) is 0 Å². The summed E-state index contributed by atoms with van der Waals surface area (Å²) in [4.78, 5) is 6.56. The van der Waals surface area contributed by atoms with Crippen molar-refractivity contribution in [3.05, 3.63) is 31.6 Å². The quantitative estimate of drug-likeness (QED) is 0.382. The van der Waals surface area contributed by atoms with Crippen molar-refractivity contribution in [1.82, 2.24) is 0 Å².